The molecule has 0 aromatic heterocycles. The van der Waals surface area contributed by atoms with E-state index >= 15 is 0 Å². The lowest BCUT2D eigenvalue weighted by Crippen LogP contribution is -2.41. The van der Waals surface area contributed by atoms with Crippen LogP contribution >= 0.6 is 15.9 Å². The molecular weight excluding hydrogens is 382 g/mol. The molecule has 0 bridgehead atoms. The van der Waals surface area contributed by atoms with Crippen molar-refractivity contribution in [3.8, 4) is 5.75 Å². The molecule has 0 spiro atoms. The molecule has 0 heterocycles. The molecule has 24 heavy (non-hydrogen) atoms. The average molecular weight is 394 g/mol. The van der Waals surface area contributed by atoms with Gasteiger partial charge in [0.15, 0.2) is 0 Å². The molecular formula is C15H12BrN3O5. The zero-order chi connectivity index (χ0) is 17.7. The van der Waals surface area contributed by atoms with E-state index in [4.69, 9.17) is 4.74 Å². The van der Waals surface area contributed by atoms with E-state index in [1.54, 1.807) is 12.1 Å². The fourth-order valence-corrected chi connectivity index (χ4v) is 2.34. The Hall–Kier alpha value is -2.94. The predicted octanol–water partition coefficient (Wildman–Crippen LogP) is 2.44. The van der Waals surface area contributed by atoms with E-state index in [1.165, 1.54) is 37.4 Å². The molecule has 0 aliphatic heterocycles. The van der Waals surface area contributed by atoms with Crippen LogP contribution in [0.3, 0.4) is 0 Å². The Kier molecular flexibility index (Phi) is 5.48. The molecule has 0 aliphatic carbocycles. The highest BCUT2D eigenvalue weighted by Gasteiger charge is 2.12. The third-order valence-electron chi connectivity index (χ3n) is 3.04. The maximum Gasteiger partial charge on any atom is 0.269 e. The fraction of sp³-hybridized carbons (Fsp3) is 0.0667. The van der Waals surface area contributed by atoms with Crippen molar-refractivity contribution in [3.63, 3.8) is 0 Å². The van der Waals surface area contributed by atoms with Crippen LogP contribution in [0.1, 0.15) is 20.7 Å². The third-order valence-corrected chi connectivity index (χ3v) is 3.66. The molecule has 0 unspecified atom stereocenters. The largest absolute Gasteiger partial charge is 0.496 e. The van der Waals surface area contributed by atoms with Gasteiger partial charge in [-0.25, -0.2) is 0 Å². The van der Waals surface area contributed by atoms with E-state index in [1.807, 2.05) is 0 Å². The SMILES string of the molecule is COc1ccc(C(=O)NNC(=O)c2ccc([N+](=O)[O-])cc2)cc1Br. The van der Waals surface area contributed by atoms with Gasteiger partial charge in [-0.05, 0) is 46.3 Å². The molecule has 0 atom stereocenters. The Bertz CT molecular complexity index is 792. The summed E-state index contributed by atoms with van der Waals surface area (Å²) in [6, 6.07) is 9.70. The Morgan fingerprint density at radius 3 is 2.08 bits per heavy atom. The second kappa shape index (κ2) is 7.55. The van der Waals surface area contributed by atoms with Gasteiger partial charge < -0.3 is 4.74 Å². The zero-order valence-electron chi connectivity index (χ0n) is 12.4. The first-order valence-electron chi connectivity index (χ1n) is 6.61. The lowest BCUT2D eigenvalue weighted by atomic mass is 10.2. The lowest BCUT2D eigenvalue weighted by molar-refractivity contribution is -0.384. The number of amides is 2. The predicted molar refractivity (Wildman–Crippen MR) is 88.7 cm³/mol. The van der Waals surface area contributed by atoms with Crippen LogP contribution in [-0.2, 0) is 0 Å². The first-order chi connectivity index (χ1) is 11.4. The number of methoxy groups -OCH3 is 1. The van der Waals surface area contributed by atoms with Crippen molar-refractivity contribution in [2.24, 2.45) is 0 Å². The number of hydrogen-bond donors (Lipinski definition) is 2. The minimum Gasteiger partial charge on any atom is -0.496 e. The maximum absolute atomic E-state index is 12.0. The molecule has 0 fully saturated rings. The number of rotatable bonds is 4. The molecule has 0 saturated carbocycles. The van der Waals surface area contributed by atoms with Crippen LogP contribution in [0.15, 0.2) is 46.9 Å². The van der Waals surface area contributed by atoms with Crippen LogP contribution in [0.4, 0.5) is 5.69 Å². The number of nitro benzene ring substituents is 1. The average Bonchev–Trinajstić information content (AvgIpc) is 2.59. The number of ether oxygens (including phenoxy) is 1. The Morgan fingerprint density at radius 1 is 1.04 bits per heavy atom. The van der Waals surface area contributed by atoms with Crippen LogP contribution in [-0.4, -0.2) is 23.8 Å². The highest BCUT2D eigenvalue weighted by molar-refractivity contribution is 9.10. The zero-order valence-corrected chi connectivity index (χ0v) is 14.0. The van der Waals surface area contributed by atoms with Crippen molar-refractivity contribution in [3.05, 3.63) is 68.2 Å². The number of nitrogens with zero attached hydrogens (tertiary/aromatic N) is 1. The Balaban J connectivity index is 1.99. The number of non-ortho nitro benzene ring substituents is 1. The van der Waals surface area contributed by atoms with Crippen LogP contribution in [0.5, 0.6) is 5.75 Å². The second-order valence-electron chi connectivity index (χ2n) is 4.56. The van der Waals surface area contributed by atoms with E-state index in [2.05, 4.69) is 26.8 Å². The van der Waals surface area contributed by atoms with Gasteiger partial charge in [0.25, 0.3) is 17.5 Å². The van der Waals surface area contributed by atoms with Gasteiger partial charge in [0.05, 0.1) is 16.5 Å². The Labute approximate surface area is 145 Å². The number of halogens is 1. The van der Waals surface area contributed by atoms with Gasteiger partial charge in [-0.3, -0.25) is 30.6 Å². The molecule has 2 amide bonds. The molecule has 0 aliphatic rings. The van der Waals surface area contributed by atoms with E-state index in [0.717, 1.165) is 0 Å². The van der Waals surface area contributed by atoms with E-state index < -0.39 is 16.7 Å². The topological polar surface area (TPSA) is 111 Å². The molecule has 0 saturated heterocycles. The lowest BCUT2D eigenvalue weighted by Gasteiger charge is -2.09. The summed E-state index contributed by atoms with van der Waals surface area (Å²) >= 11 is 3.26. The monoisotopic (exact) mass is 393 g/mol. The van der Waals surface area contributed by atoms with Gasteiger partial charge in [0.2, 0.25) is 0 Å². The molecule has 2 rings (SSSR count). The summed E-state index contributed by atoms with van der Waals surface area (Å²) in [5, 5.41) is 10.6. The van der Waals surface area contributed by atoms with Gasteiger partial charge in [0.1, 0.15) is 5.75 Å². The summed E-state index contributed by atoms with van der Waals surface area (Å²) in [7, 11) is 1.50. The molecule has 9 heteroatoms. The normalized spacial score (nSPS) is 9.92. The van der Waals surface area contributed by atoms with Crippen LogP contribution < -0.4 is 15.6 Å². The first-order valence-corrected chi connectivity index (χ1v) is 7.40. The molecule has 2 N–H and O–H groups in total. The summed E-state index contributed by atoms with van der Waals surface area (Å²) < 4.78 is 5.66. The van der Waals surface area contributed by atoms with Crippen molar-refractivity contribution in [1.29, 1.82) is 0 Å². The maximum atomic E-state index is 12.0. The van der Waals surface area contributed by atoms with Gasteiger partial charge in [-0.2, -0.15) is 0 Å². The summed E-state index contributed by atoms with van der Waals surface area (Å²) in [4.78, 5) is 33.9. The molecule has 2 aromatic carbocycles. The van der Waals surface area contributed by atoms with Gasteiger partial charge in [-0.15, -0.1) is 0 Å². The fourth-order valence-electron chi connectivity index (χ4n) is 1.80. The van der Waals surface area contributed by atoms with Gasteiger partial charge in [0, 0.05) is 23.3 Å². The quantitative estimate of drug-likeness (QED) is 0.612. The van der Waals surface area contributed by atoms with Crippen LogP contribution in [0.2, 0.25) is 0 Å². The number of benzene rings is 2. The summed E-state index contributed by atoms with van der Waals surface area (Å²) in [6.45, 7) is 0. The number of hydrazine groups is 1. The second-order valence-corrected chi connectivity index (χ2v) is 5.42. The molecule has 124 valence electrons. The Morgan fingerprint density at radius 2 is 1.58 bits per heavy atom. The van der Waals surface area contributed by atoms with Crippen molar-refractivity contribution in [1.82, 2.24) is 10.9 Å². The minimum atomic E-state index is -0.592. The standard InChI is InChI=1S/C15H12BrN3O5/c1-24-13-7-4-10(8-12(13)16)15(21)18-17-14(20)9-2-5-11(6-3-9)19(22)23/h2-8H,1H3,(H,17,20)(H,18,21). The van der Waals surface area contributed by atoms with E-state index in [-0.39, 0.29) is 11.3 Å². The summed E-state index contributed by atoms with van der Waals surface area (Å²) in [5.74, 6) is -0.541. The molecule has 2 aromatic rings. The minimum absolute atomic E-state index is 0.126. The smallest absolute Gasteiger partial charge is 0.269 e. The summed E-state index contributed by atoms with van der Waals surface area (Å²) in [5.41, 5.74) is 4.87. The molecule has 0 radical (unpaired) electrons. The summed E-state index contributed by atoms with van der Waals surface area (Å²) in [6.07, 6.45) is 0. The van der Waals surface area contributed by atoms with Gasteiger partial charge >= 0.3 is 0 Å². The van der Waals surface area contributed by atoms with Gasteiger partial charge in [-0.1, -0.05) is 0 Å². The third kappa shape index (κ3) is 4.07. The van der Waals surface area contributed by atoms with E-state index in [9.17, 15) is 19.7 Å². The highest BCUT2D eigenvalue weighted by atomic mass is 79.9. The number of nitro groups is 1. The molecule has 8 nitrogen and oxygen atoms in total. The number of carbonyl (C=O) groups is 2. The number of hydrogen-bond acceptors (Lipinski definition) is 5. The van der Waals surface area contributed by atoms with Crippen molar-refractivity contribution in [2.75, 3.05) is 7.11 Å². The van der Waals surface area contributed by atoms with E-state index in [0.29, 0.717) is 15.8 Å². The number of carbonyl (C=O) groups excluding carboxylic acids is 2. The van der Waals surface area contributed by atoms with Crippen LogP contribution in [0, 0.1) is 10.1 Å². The van der Waals surface area contributed by atoms with Crippen LogP contribution in [0.25, 0.3) is 0 Å². The van der Waals surface area contributed by atoms with Crippen molar-refractivity contribution >= 4 is 33.4 Å². The number of nitrogens with one attached hydrogen (secondary N) is 2. The highest BCUT2D eigenvalue weighted by Crippen LogP contribution is 2.25. The van der Waals surface area contributed by atoms with Crippen molar-refractivity contribution < 1.29 is 19.2 Å². The first kappa shape index (κ1) is 17.4. The van der Waals surface area contributed by atoms with Crippen molar-refractivity contribution in [2.45, 2.75) is 0 Å².